The Bertz CT molecular complexity index is 2460. The maximum Gasteiger partial charge on any atom is 0.407 e. The zero-order chi connectivity index (χ0) is 47.6. The molecule has 9 rings (SSSR count). The number of methoxy groups -OCH3 is 2. The highest BCUT2D eigenvalue weighted by Crippen LogP contribution is 2.48. The van der Waals surface area contributed by atoms with Crippen molar-refractivity contribution >= 4 is 51.8 Å². The van der Waals surface area contributed by atoms with Crippen molar-refractivity contribution in [3.8, 4) is 5.75 Å². The number of likely N-dealkylation sites (tertiary alicyclic amines) is 2. The normalized spacial score (nSPS) is 22.0. The molecule has 0 bridgehead atoms. The van der Waals surface area contributed by atoms with Gasteiger partial charge in [0.2, 0.25) is 11.8 Å². The van der Waals surface area contributed by atoms with E-state index in [4.69, 9.17) is 33.7 Å². The fraction of sp³-hybridized carbons (Fsp3) is 0.520. The van der Waals surface area contributed by atoms with Crippen molar-refractivity contribution in [1.29, 1.82) is 0 Å². The topological polar surface area (TPSA) is 206 Å². The highest BCUT2D eigenvalue weighted by Gasteiger charge is 2.40. The second-order valence-electron chi connectivity index (χ2n) is 19.0. The van der Waals surface area contributed by atoms with Gasteiger partial charge < -0.3 is 59.0 Å². The van der Waals surface area contributed by atoms with E-state index < -0.39 is 24.3 Å². The molecule has 0 spiro atoms. The zero-order valence-corrected chi connectivity index (χ0v) is 39.7. The molecule has 0 aliphatic carbocycles. The Morgan fingerprint density at radius 3 is 1.56 bits per heavy atom. The van der Waals surface area contributed by atoms with Gasteiger partial charge in [-0.3, -0.25) is 9.59 Å². The molecule has 6 heterocycles. The highest BCUT2D eigenvalue weighted by molar-refractivity contribution is 5.87. The number of aromatic nitrogens is 4. The van der Waals surface area contributed by atoms with Crippen LogP contribution in [-0.4, -0.2) is 119 Å². The summed E-state index contributed by atoms with van der Waals surface area (Å²) in [6, 6.07) is 19.1. The van der Waals surface area contributed by atoms with Crippen LogP contribution < -0.4 is 20.3 Å². The lowest BCUT2D eigenvalue weighted by Gasteiger charge is -2.33. The molecule has 4 saturated heterocycles. The van der Waals surface area contributed by atoms with Crippen molar-refractivity contribution in [2.75, 3.05) is 52.2 Å². The molecule has 3 aromatic carbocycles. The van der Waals surface area contributed by atoms with Gasteiger partial charge in [-0.05, 0) is 110 Å². The van der Waals surface area contributed by atoms with Crippen LogP contribution in [0.5, 0.6) is 5.75 Å². The first-order valence-electron chi connectivity index (χ1n) is 23.9. The van der Waals surface area contributed by atoms with Crippen molar-refractivity contribution < 1.29 is 42.9 Å². The molecule has 4 fully saturated rings. The van der Waals surface area contributed by atoms with Crippen molar-refractivity contribution in [2.45, 2.75) is 109 Å². The zero-order valence-electron chi connectivity index (χ0n) is 39.7. The summed E-state index contributed by atoms with van der Waals surface area (Å²) in [5.41, 5.74) is 6.71. The van der Waals surface area contributed by atoms with Gasteiger partial charge in [-0.1, -0.05) is 39.8 Å². The lowest BCUT2D eigenvalue weighted by Crippen LogP contribution is -2.51. The molecule has 4 N–H and O–H groups in total. The van der Waals surface area contributed by atoms with Gasteiger partial charge in [0.15, 0.2) is 0 Å². The van der Waals surface area contributed by atoms with E-state index in [9.17, 15) is 19.2 Å². The molecular weight excluding hydrogens is 871 g/mol. The number of alkyl carbamates (subject to hydrolysis) is 2. The van der Waals surface area contributed by atoms with Gasteiger partial charge in [0.05, 0.1) is 73.7 Å². The lowest BCUT2D eigenvalue weighted by molar-refractivity contribution is -0.143. The number of hydrogen-bond donors (Lipinski definition) is 4. The smallest absolute Gasteiger partial charge is 0.407 e. The predicted molar refractivity (Wildman–Crippen MR) is 253 cm³/mol. The minimum atomic E-state index is -0.721. The molecule has 4 aliphatic heterocycles. The van der Waals surface area contributed by atoms with E-state index in [2.05, 4.69) is 74.0 Å². The van der Waals surface area contributed by atoms with Crippen LogP contribution in [0.25, 0.3) is 22.1 Å². The third-order valence-electron chi connectivity index (χ3n) is 13.9. The predicted octanol–water partition coefficient (Wildman–Crippen LogP) is 7.36. The van der Waals surface area contributed by atoms with Crippen LogP contribution in [-0.2, 0) is 28.5 Å². The number of nitrogens with zero attached hydrogens (tertiary/aromatic N) is 5. The number of anilines is 1. The summed E-state index contributed by atoms with van der Waals surface area (Å²) in [7, 11) is 2.59. The van der Waals surface area contributed by atoms with Gasteiger partial charge >= 0.3 is 12.2 Å². The Balaban J connectivity index is 1.00. The fourth-order valence-electron chi connectivity index (χ4n) is 10.5. The number of H-pyrrole nitrogens is 2. The third kappa shape index (κ3) is 9.52. The minimum absolute atomic E-state index is 0.00222. The molecule has 4 amide bonds. The summed E-state index contributed by atoms with van der Waals surface area (Å²) in [6.07, 6.45) is 3.46. The van der Waals surface area contributed by atoms with Gasteiger partial charge in [0, 0.05) is 18.8 Å². The largest absolute Gasteiger partial charge is 0.486 e. The summed E-state index contributed by atoms with van der Waals surface area (Å²) in [4.78, 5) is 75.6. The SMILES string of the molecule is COC(=O)NC(C(=O)N1CCC[C@H]1c1nc2ccc([C@H]3CC[C@H](c4ccc5nc([C@@H]6CCCN6C(=O)[C@@H](NC(=O)OC)C(C)C)[nH]c5c4)N3c3ccc(OC4COCOC4)cc3)cc2[nH]1)C(C)C. The monoisotopic (exact) mass is 933 g/mol. The van der Waals surface area contributed by atoms with E-state index in [1.807, 2.05) is 49.6 Å². The van der Waals surface area contributed by atoms with Crippen LogP contribution in [0.15, 0.2) is 60.7 Å². The summed E-state index contributed by atoms with van der Waals surface area (Å²) < 4.78 is 26.8. The molecule has 0 radical (unpaired) electrons. The van der Waals surface area contributed by atoms with Gasteiger partial charge in [-0.25, -0.2) is 19.6 Å². The molecule has 18 heteroatoms. The Hall–Kier alpha value is -6.40. The van der Waals surface area contributed by atoms with Gasteiger partial charge in [0.1, 0.15) is 42.4 Å². The Kier molecular flexibility index (Phi) is 13.8. The van der Waals surface area contributed by atoms with Crippen LogP contribution in [0, 0.1) is 11.8 Å². The number of carbonyl (C=O) groups is 4. The molecule has 5 aromatic rings. The maximum absolute atomic E-state index is 13.9. The number of ether oxygens (including phenoxy) is 5. The van der Waals surface area contributed by atoms with E-state index in [0.29, 0.717) is 26.3 Å². The maximum atomic E-state index is 13.9. The standard InChI is InChI=1S/C50H63N9O9/c1-28(2)43(55-49(62)64-5)47(60)57-21-7-9-41(57)45-51-35-17-11-30(23-37(35)53-45)39-19-20-40(59(39)32-13-15-33(16-14-32)68-34-25-66-27-67-26-34)31-12-18-36-38(24-31)54-46(52-36)42-10-8-22-58(42)48(61)44(29(3)4)56-50(63)65-6/h11-18,23-24,28-29,34,39-44H,7-10,19-22,25-27H2,1-6H3,(H,51,53)(H,52,54)(H,55,62)(H,56,63)/t39-,40-,41+,42+,43+,44?/m1/s1. The van der Waals surface area contributed by atoms with E-state index >= 15 is 0 Å². The van der Waals surface area contributed by atoms with Crippen molar-refractivity contribution in [3.63, 3.8) is 0 Å². The highest BCUT2D eigenvalue weighted by atomic mass is 16.7. The average molecular weight is 934 g/mol. The Morgan fingerprint density at radius 1 is 0.647 bits per heavy atom. The van der Waals surface area contributed by atoms with Crippen LogP contribution in [0.4, 0.5) is 15.3 Å². The summed E-state index contributed by atoms with van der Waals surface area (Å²) in [5, 5.41) is 5.47. The van der Waals surface area contributed by atoms with Crippen molar-refractivity contribution in [2.24, 2.45) is 11.8 Å². The summed E-state index contributed by atoms with van der Waals surface area (Å²) in [5.74, 6) is 1.62. The lowest BCUT2D eigenvalue weighted by atomic mass is 10.0. The summed E-state index contributed by atoms with van der Waals surface area (Å²) >= 11 is 0. The van der Waals surface area contributed by atoms with Crippen molar-refractivity contribution in [3.05, 3.63) is 83.4 Å². The number of imidazole rings is 2. The van der Waals surface area contributed by atoms with Crippen LogP contribution in [0.1, 0.15) is 113 Å². The van der Waals surface area contributed by atoms with E-state index in [1.165, 1.54) is 14.2 Å². The molecule has 68 heavy (non-hydrogen) atoms. The molecule has 0 saturated carbocycles. The first kappa shape index (κ1) is 46.7. The minimum Gasteiger partial charge on any atom is -0.486 e. The number of aromatic amines is 2. The number of amides is 4. The number of hydrogen-bond acceptors (Lipinski definition) is 12. The number of fused-ring (bicyclic) bond motifs is 2. The Morgan fingerprint density at radius 2 is 1.12 bits per heavy atom. The number of benzene rings is 3. The molecule has 362 valence electrons. The molecule has 1 unspecified atom stereocenters. The second kappa shape index (κ2) is 20.1. The van der Waals surface area contributed by atoms with Gasteiger partial charge in [0.25, 0.3) is 0 Å². The number of rotatable bonds is 13. The quantitative estimate of drug-likeness (QED) is 0.0914. The van der Waals surface area contributed by atoms with Crippen LogP contribution in [0.2, 0.25) is 0 Å². The first-order valence-corrected chi connectivity index (χ1v) is 23.9. The second-order valence-corrected chi connectivity index (χ2v) is 19.0. The molecule has 2 aromatic heterocycles. The fourth-order valence-corrected chi connectivity index (χ4v) is 10.5. The Labute approximate surface area is 395 Å². The first-order chi connectivity index (χ1) is 32.9. The van der Waals surface area contributed by atoms with Crippen molar-refractivity contribution in [1.82, 2.24) is 40.4 Å². The number of nitrogens with one attached hydrogen (secondary N) is 4. The third-order valence-corrected chi connectivity index (χ3v) is 13.9. The van der Waals surface area contributed by atoms with Crippen LogP contribution >= 0.6 is 0 Å². The van der Waals surface area contributed by atoms with Crippen LogP contribution in [0.3, 0.4) is 0 Å². The molecule has 6 atom stereocenters. The van der Waals surface area contributed by atoms with Gasteiger partial charge in [-0.15, -0.1) is 0 Å². The summed E-state index contributed by atoms with van der Waals surface area (Å²) in [6.45, 7) is 9.99. The molecule has 4 aliphatic rings. The average Bonchev–Trinajstić information content (AvgIpc) is 4.21. The van der Waals surface area contributed by atoms with E-state index in [0.717, 1.165) is 94.8 Å². The van der Waals surface area contributed by atoms with E-state index in [1.54, 1.807) is 0 Å². The molecular formula is C50H63N9O9. The number of carbonyl (C=O) groups excluding carboxylic acids is 4. The van der Waals surface area contributed by atoms with Gasteiger partial charge in [-0.2, -0.15) is 0 Å². The molecule has 18 nitrogen and oxygen atoms in total. The van der Waals surface area contributed by atoms with E-state index in [-0.39, 0.29) is 60.7 Å².